The predicted molar refractivity (Wildman–Crippen MR) is 64.0 cm³/mol. The van der Waals surface area contributed by atoms with Gasteiger partial charge in [-0.2, -0.15) is 0 Å². The van der Waals surface area contributed by atoms with Crippen molar-refractivity contribution < 1.29 is 24.1 Å². The van der Waals surface area contributed by atoms with Crippen molar-refractivity contribution in [3.8, 4) is 11.5 Å². The normalized spacial score (nSPS) is 12.7. The van der Waals surface area contributed by atoms with Gasteiger partial charge in [-0.15, -0.1) is 0 Å². The van der Waals surface area contributed by atoms with Crippen molar-refractivity contribution >= 4 is 5.97 Å². The number of carboxylic acids is 1. The van der Waals surface area contributed by atoms with Crippen LogP contribution in [0.4, 0.5) is 0 Å². The van der Waals surface area contributed by atoms with E-state index in [-0.39, 0.29) is 13.2 Å². The summed E-state index contributed by atoms with van der Waals surface area (Å²) in [5.41, 5.74) is 1.12. The standard InChI is InChI=1S/C13H16O5/c14-13(15)2-1-6-16-7-5-10-3-4-11-12(8-10)18-9-17-11/h3-4,8H,1-2,5-7,9H2,(H,14,15). The molecule has 0 amide bonds. The first-order valence-corrected chi connectivity index (χ1v) is 5.94. The number of fused-ring (bicyclic) bond motifs is 1. The van der Waals surface area contributed by atoms with Gasteiger partial charge in [0.1, 0.15) is 0 Å². The monoisotopic (exact) mass is 252 g/mol. The third kappa shape index (κ3) is 3.63. The van der Waals surface area contributed by atoms with E-state index in [1.165, 1.54) is 0 Å². The fourth-order valence-electron chi connectivity index (χ4n) is 1.71. The van der Waals surface area contributed by atoms with Crippen LogP contribution in [-0.4, -0.2) is 31.1 Å². The van der Waals surface area contributed by atoms with Crippen molar-refractivity contribution in [2.45, 2.75) is 19.3 Å². The molecule has 5 heteroatoms. The van der Waals surface area contributed by atoms with E-state index in [0.717, 1.165) is 23.5 Å². The first-order chi connectivity index (χ1) is 8.75. The number of ether oxygens (including phenoxy) is 3. The number of hydrogen-bond acceptors (Lipinski definition) is 4. The largest absolute Gasteiger partial charge is 0.481 e. The van der Waals surface area contributed by atoms with Gasteiger partial charge < -0.3 is 19.3 Å². The van der Waals surface area contributed by atoms with Gasteiger partial charge in [0, 0.05) is 13.0 Å². The van der Waals surface area contributed by atoms with Crippen molar-refractivity contribution in [2.24, 2.45) is 0 Å². The van der Waals surface area contributed by atoms with Gasteiger partial charge in [-0.1, -0.05) is 6.07 Å². The van der Waals surface area contributed by atoms with E-state index in [2.05, 4.69) is 0 Å². The number of carboxylic acid groups (broad SMARTS) is 1. The average Bonchev–Trinajstić information content (AvgIpc) is 2.80. The molecule has 5 nitrogen and oxygen atoms in total. The molecule has 98 valence electrons. The topological polar surface area (TPSA) is 65.0 Å². The second-order valence-corrected chi connectivity index (χ2v) is 4.05. The zero-order valence-corrected chi connectivity index (χ0v) is 10.1. The summed E-state index contributed by atoms with van der Waals surface area (Å²) in [5.74, 6) is 0.772. The van der Waals surface area contributed by atoms with Crippen LogP contribution in [0.1, 0.15) is 18.4 Å². The quantitative estimate of drug-likeness (QED) is 0.750. The van der Waals surface area contributed by atoms with E-state index < -0.39 is 5.97 Å². The second-order valence-electron chi connectivity index (χ2n) is 4.05. The second kappa shape index (κ2) is 6.26. The highest BCUT2D eigenvalue weighted by molar-refractivity contribution is 5.66. The number of benzene rings is 1. The van der Waals surface area contributed by atoms with Crippen LogP contribution in [0.25, 0.3) is 0 Å². The zero-order chi connectivity index (χ0) is 12.8. The van der Waals surface area contributed by atoms with Crippen molar-refractivity contribution in [3.63, 3.8) is 0 Å². The predicted octanol–water partition coefficient (Wildman–Crippen LogP) is 1.84. The Bertz CT molecular complexity index is 416. The van der Waals surface area contributed by atoms with Crippen molar-refractivity contribution in [3.05, 3.63) is 23.8 Å². The lowest BCUT2D eigenvalue weighted by atomic mass is 10.1. The van der Waals surface area contributed by atoms with E-state index in [4.69, 9.17) is 19.3 Å². The Labute approximate surface area is 105 Å². The number of aliphatic carboxylic acids is 1. The maximum atomic E-state index is 10.3. The summed E-state index contributed by atoms with van der Waals surface area (Å²) in [6.07, 6.45) is 1.49. The Morgan fingerprint density at radius 2 is 2.11 bits per heavy atom. The molecule has 1 aromatic carbocycles. The minimum absolute atomic E-state index is 0.157. The SMILES string of the molecule is O=C(O)CCCOCCc1ccc2c(c1)OCO2. The van der Waals surface area contributed by atoms with Crippen LogP contribution in [0, 0.1) is 0 Å². The molecule has 0 unspecified atom stereocenters. The van der Waals surface area contributed by atoms with Crippen LogP contribution in [0.2, 0.25) is 0 Å². The fourth-order valence-corrected chi connectivity index (χ4v) is 1.71. The minimum Gasteiger partial charge on any atom is -0.481 e. The van der Waals surface area contributed by atoms with Crippen LogP contribution < -0.4 is 9.47 Å². The molecular weight excluding hydrogens is 236 g/mol. The number of hydrogen-bond donors (Lipinski definition) is 1. The lowest BCUT2D eigenvalue weighted by Gasteiger charge is -2.04. The van der Waals surface area contributed by atoms with E-state index in [9.17, 15) is 4.79 Å². The lowest BCUT2D eigenvalue weighted by Crippen LogP contribution is -2.03. The summed E-state index contributed by atoms with van der Waals surface area (Å²) < 4.78 is 15.9. The first kappa shape index (κ1) is 12.7. The van der Waals surface area contributed by atoms with E-state index >= 15 is 0 Å². The van der Waals surface area contributed by atoms with Crippen LogP contribution >= 0.6 is 0 Å². The molecule has 0 aliphatic carbocycles. The molecule has 1 aliphatic heterocycles. The zero-order valence-electron chi connectivity index (χ0n) is 10.1. The highest BCUT2D eigenvalue weighted by Crippen LogP contribution is 2.32. The van der Waals surface area contributed by atoms with Gasteiger partial charge in [0.25, 0.3) is 0 Å². The molecule has 0 atom stereocenters. The number of carbonyl (C=O) groups is 1. The van der Waals surface area contributed by atoms with Crippen LogP contribution in [0.3, 0.4) is 0 Å². The average molecular weight is 252 g/mol. The highest BCUT2D eigenvalue weighted by atomic mass is 16.7. The van der Waals surface area contributed by atoms with Gasteiger partial charge in [-0.3, -0.25) is 4.79 Å². The third-order valence-electron chi connectivity index (χ3n) is 2.65. The summed E-state index contributed by atoms with van der Waals surface area (Å²) >= 11 is 0. The maximum absolute atomic E-state index is 10.3. The Balaban J connectivity index is 1.66. The molecule has 0 fully saturated rings. The molecule has 0 bridgehead atoms. The van der Waals surface area contributed by atoms with Crippen molar-refractivity contribution in [1.82, 2.24) is 0 Å². The maximum Gasteiger partial charge on any atom is 0.303 e. The van der Waals surface area contributed by atoms with Crippen molar-refractivity contribution in [2.75, 3.05) is 20.0 Å². The molecule has 2 rings (SSSR count). The van der Waals surface area contributed by atoms with E-state index in [1.54, 1.807) is 0 Å². The third-order valence-corrected chi connectivity index (χ3v) is 2.65. The minimum atomic E-state index is -0.783. The first-order valence-electron chi connectivity index (χ1n) is 5.94. The molecular formula is C13H16O5. The van der Waals surface area contributed by atoms with Gasteiger partial charge in [-0.25, -0.2) is 0 Å². The van der Waals surface area contributed by atoms with Gasteiger partial charge in [0.15, 0.2) is 11.5 Å². The van der Waals surface area contributed by atoms with Crippen LogP contribution in [0.15, 0.2) is 18.2 Å². The smallest absolute Gasteiger partial charge is 0.303 e. The molecule has 0 saturated heterocycles. The Morgan fingerprint density at radius 3 is 2.94 bits per heavy atom. The Kier molecular flexibility index (Phi) is 4.41. The molecule has 0 spiro atoms. The van der Waals surface area contributed by atoms with Crippen LogP contribution in [-0.2, 0) is 16.0 Å². The summed E-state index contributed by atoms with van der Waals surface area (Å²) in [7, 11) is 0. The molecule has 18 heavy (non-hydrogen) atoms. The number of rotatable bonds is 7. The van der Waals surface area contributed by atoms with Crippen LogP contribution in [0.5, 0.6) is 11.5 Å². The van der Waals surface area contributed by atoms with E-state index in [0.29, 0.717) is 19.6 Å². The van der Waals surface area contributed by atoms with Gasteiger partial charge >= 0.3 is 5.97 Å². The molecule has 0 aromatic heterocycles. The molecule has 1 aliphatic rings. The van der Waals surface area contributed by atoms with Gasteiger partial charge in [0.05, 0.1) is 6.61 Å². The summed E-state index contributed by atoms with van der Waals surface area (Å²) in [6.45, 7) is 1.35. The Hall–Kier alpha value is -1.75. The molecule has 0 radical (unpaired) electrons. The van der Waals surface area contributed by atoms with Crippen molar-refractivity contribution in [1.29, 1.82) is 0 Å². The van der Waals surface area contributed by atoms with Gasteiger partial charge in [-0.05, 0) is 30.5 Å². The molecule has 0 saturated carbocycles. The molecule has 1 N–H and O–H groups in total. The Morgan fingerprint density at radius 1 is 1.28 bits per heavy atom. The summed E-state index contributed by atoms with van der Waals surface area (Å²) in [4.78, 5) is 10.3. The van der Waals surface area contributed by atoms with E-state index in [1.807, 2.05) is 18.2 Å². The fraction of sp³-hybridized carbons (Fsp3) is 0.462. The highest BCUT2D eigenvalue weighted by Gasteiger charge is 2.12. The summed E-state index contributed by atoms with van der Waals surface area (Å²) in [5, 5.41) is 8.46. The summed E-state index contributed by atoms with van der Waals surface area (Å²) in [6, 6.07) is 5.82. The lowest BCUT2D eigenvalue weighted by molar-refractivity contribution is -0.137. The molecule has 1 heterocycles. The molecule has 1 aromatic rings. The van der Waals surface area contributed by atoms with Gasteiger partial charge in [0.2, 0.25) is 6.79 Å².